The van der Waals surface area contributed by atoms with Crippen molar-refractivity contribution in [2.24, 2.45) is 16.6 Å². The van der Waals surface area contributed by atoms with Gasteiger partial charge in [0.05, 0.1) is 11.4 Å². The molecule has 1 aliphatic heterocycles. The number of nitrogens with two attached hydrogens (primary N) is 1. The molecule has 0 aliphatic carbocycles. The monoisotopic (exact) mass is 647 g/mol. The average Bonchev–Trinajstić information content (AvgIpc) is 3.07. The second kappa shape index (κ2) is 14.9. The fourth-order valence-electron chi connectivity index (χ4n) is 4.44. The molecule has 0 spiro atoms. The van der Waals surface area contributed by atoms with Crippen molar-refractivity contribution in [1.82, 2.24) is 10.6 Å². The average molecular weight is 648 g/mol. The molecule has 3 rings (SSSR count). The number of hydrogen-bond donors (Lipinski definition) is 3. The maximum absolute atomic E-state index is 14.0. The number of esters is 1. The van der Waals surface area contributed by atoms with Gasteiger partial charge in [-0.05, 0) is 40.2 Å². The van der Waals surface area contributed by atoms with Gasteiger partial charge in [0.2, 0.25) is 18.0 Å². The molecule has 12 nitrogen and oxygen atoms in total. The van der Waals surface area contributed by atoms with Gasteiger partial charge in [0, 0.05) is 29.9 Å². The van der Waals surface area contributed by atoms with Crippen LogP contribution in [-0.2, 0) is 28.7 Å². The molecule has 0 saturated carbocycles. The highest BCUT2D eigenvalue weighted by atomic mass is 19.4. The third-order valence-corrected chi connectivity index (χ3v) is 6.55. The van der Waals surface area contributed by atoms with Crippen LogP contribution in [0.1, 0.15) is 58.1 Å². The quantitative estimate of drug-likeness (QED) is 0.313. The fourth-order valence-corrected chi connectivity index (χ4v) is 4.44. The summed E-state index contributed by atoms with van der Waals surface area (Å²) >= 11 is 0. The van der Waals surface area contributed by atoms with Crippen LogP contribution in [0.2, 0.25) is 0 Å². The van der Waals surface area contributed by atoms with Crippen molar-refractivity contribution < 1.29 is 46.6 Å². The van der Waals surface area contributed by atoms with E-state index in [9.17, 15) is 37.1 Å². The molecule has 0 saturated heterocycles. The summed E-state index contributed by atoms with van der Waals surface area (Å²) in [6.07, 6.45) is -9.98. The van der Waals surface area contributed by atoms with Crippen molar-refractivity contribution in [2.75, 3.05) is 11.6 Å². The van der Waals surface area contributed by atoms with Crippen molar-refractivity contribution in [3.8, 4) is 0 Å². The zero-order chi connectivity index (χ0) is 34.2. The minimum absolute atomic E-state index is 0.248. The summed E-state index contributed by atoms with van der Waals surface area (Å²) in [5, 5.41) is 4.71. The summed E-state index contributed by atoms with van der Waals surface area (Å²) in [6, 6.07) is 13.9. The topological polar surface area (TPSA) is 169 Å². The van der Waals surface area contributed by atoms with E-state index in [-0.39, 0.29) is 11.4 Å². The number of alkyl halides is 3. The Bertz CT molecular complexity index is 1470. The van der Waals surface area contributed by atoms with E-state index in [2.05, 4.69) is 15.6 Å². The van der Waals surface area contributed by atoms with E-state index in [4.69, 9.17) is 15.2 Å². The van der Waals surface area contributed by atoms with Crippen LogP contribution in [0.25, 0.3) is 0 Å². The number of hydrogen-bond acceptors (Lipinski definition) is 8. The van der Waals surface area contributed by atoms with Crippen molar-refractivity contribution in [3.05, 3.63) is 65.7 Å². The van der Waals surface area contributed by atoms with E-state index in [1.165, 1.54) is 6.92 Å². The minimum Gasteiger partial charge on any atom is -0.444 e. The van der Waals surface area contributed by atoms with Gasteiger partial charge in [-0.2, -0.15) is 13.2 Å². The molecule has 4 N–H and O–H groups in total. The Labute approximate surface area is 263 Å². The third-order valence-electron chi connectivity index (χ3n) is 6.55. The molecule has 1 aliphatic rings. The van der Waals surface area contributed by atoms with Crippen LogP contribution >= 0.6 is 0 Å². The first kappa shape index (κ1) is 35.5. The molecular formula is C31H36F3N5O7. The van der Waals surface area contributed by atoms with E-state index in [0.29, 0.717) is 11.1 Å². The molecule has 0 aromatic heterocycles. The summed E-state index contributed by atoms with van der Waals surface area (Å²) < 4.78 is 49.5. The van der Waals surface area contributed by atoms with Gasteiger partial charge in [-0.1, -0.05) is 48.5 Å². The maximum Gasteiger partial charge on any atom is 0.408 e. The third kappa shape index (κ3) is 10.3. The highest BCUT2D eigenvalue weighted by Crippen LogP contribution is 2.29. The zero-order valence-corrected chi connectivity index (χ0v) is 25.7. The van der Waals surface area contributed by atoms with Crippen LogP contribution < -0.4 is 21.3 Å². The standard InChI is InChI=1S/C31H36F3N5O7/c1-18(36-29(44)46-30(2,3)4)28(43)45-17-39-22-13-9-8-12-21(22)24(19-10-6-5-7-11-19)37-25(27(39)42)38-26(41)20(16-23(35)40)14-15-31(32,33)34/h5-13,18,20,25H,14-17H2,1-4H3,(H2,35,40)(H,36,44)(H,38,41)/t18-,20+,25+/m0/s1. The van der Waals surface area contributed by atoms with Crippen molar-refractivity contribution in [2.45, 2.75) is 70.9 Å². The smallest absolute Gasteiger partial charge is 0.408 e. The number of carbonyl (C=O) groups excluding carboxylic acids is 5. The van der Waals surface area contributed by atoms with Gasteiger partial charge in [0.25, 0.3) is 5.91 Å². The molecule has 2 aromatic carbocycles. The summed E-state index contributed by atoms with van der Waals surface area (Å²) in [4.78, 5) is 69.3. The Morgan fingerprint density at radius 1 is 1.02 bits per heavy atom. The van der Waals surface area contributed by atoms with Gasteiger partial charge in [-0.3, -0.25) is 19.3 Å². The largest absolute Gasteiger partial charge is 0.444 e. The number of fused-ring (bicyclic) bond motifs is 1. The molecule has 248 valence electrons. The van der Waals surface area contributed by atoms with Crippen LogP contribution in [0.4, 0.5) is 23.7 Å². The Kier molecular flexibility index (Phi) is 11.5. The number of alkyl carbamates (subject to hydrolysis) is 1. The predicted molar refractivity (Wildman–Crippen MR) is 160 cm³/mol. The maximum atomic E-state index is 14.0. The molecule has 3 atom stereocenters. The molecule has 0 unspecified atom stereocenters. The molecule has 2 aromatic rings. The lowest BCUT2D eigenvalue weighted by Crippen LogP contribution is -2.50. The molecular weight excluding hydrogens is 611 g/mol. The number of primary amides is 1. The number of carbonyl (C=O) groups is 5. The summed E-state index contributed by atoms with van der Waals surface area (Å²) in [6.45, 7) is 5.60. The van der Waals surface area contributed by atoms with E-state index in [1.807, 2.05) is 0 Å². The first-order valence-corrected chi connectivity index (χ1v) is 14.3. The predicted octanol–water partition coefficient (Wildman–Crippen LogP) is 3.56. The molecule has 1 heterocycles. The second-order valence-electron chi connectivity index (χ2n) is 11.5. The fraction of sp³-hybridized carbons (Fsp3) is 0.419. The number of rotatable bonds is 11. The van der Waals surface area contributed by atoms with E-state index in [0.717, 1.165) is 4.90 Å². The van der Waals surface area contributed by atoms with Crippen molar-refractivity contribution in [3.63, 3.8) is 0 Å². The van der Waals surface area contributed by atoms with Crippen LogP contribution in [0.3, 0.4) is 0 Å². The lowest BCUT2D eigenvalue weighted by Gasteiger charge is -2.26. The van der Waals surface area contributed by atoms with Gasteiger partial charge >= 0.3 is 18.2 Å². The molecule has 4 amide bonds. The summed E-state index contributed by atoms with van der Waals surface area (Å²) in [7, 11) is 0. The van der Waals surface area contributed by atoms with Crippen LogP contribution in [-0.4, -0.2) is 66.2 Å². The van der Waals surface area contributed by atoms with Crippen LogP contribution in [0.5, 0.6) is 0 Å². The first-order chi connectivity index (χ1) is 21.4. The van der Waals surface area contributed by atoms with E-state index in [1.54, 1.807) is 75.4 Å². The summed E-state index contributed by atoms with van der Waals surface area (Å²) in [5.41, 5.74) is 5.84. The zero-order valence-electron chi connectivity index (χ0n) is 25.7. The number of nitrogens with one attached hydrogen (secondary N) is 2. The van der Waals surface area contributed by atoms with Crippen molar-refractivity contribution in [1.29, 1.82) is 0 Å². The number of nitrogens with zero attached hydrogens (tertiary/aromatic N) is 2. The second-order valence-corrected chi connectivity index (χ2v) is 11.5. The van der Waals surface area contributed by atoms with Gasteiger partial charge in [0.15, 0.2) is 6.73 Å². The Morgan fingerprint density at radius 2 is 1.65 bits per heavy atom. The SMILES string of the molecule is C[C@H](NC(=O)OC(C)(C)C)C(=O)OCN1C(=O)[C@@H](NC(=O)[C@H](CCC(F)(F)F)CC(N)=O)N=C(c2ccccc2)c2ccccc21. The van der Waals surface area contributed by atoms with Gasteiger partial charge in [0.1, 0.15) is 11.6 Å². The normalized spacial score (nSPS) is 16.2. The number of anilines is 1. The molecule has 0 bridgehead atoms. The van der Waals surface area contributed by atoms with Gasteiger partial charge in [-0.25, -0.2) is 14.6 Å². The number of halogens is 3. The number of ether oxygens (including phenoxy) is 2. The lowest BCUT2D eigenvalue weighted by atomic mass is 9.97. The van der Waals surface area contributed by atoms with Gasteiger partial charge < -0.3 is 25.8 Å². The van der Waals surface area contributed by atoms with Gasteiger partial charge in [-0.15, -0.1) is 0 Å². The first-order valence-electron chi connectivity index (χ1n) is 14.3. The minimum atomic E-state index is -4.61. The lowest BCUT2D eigenvalue weighted by molar-refractivity contribution is -0.147. The number of amides is 4. The number of aliphatic imine (C=N–C) groups is 1. The number of para-hydroxylation sites is 1. The highest BCUT2D eigenvalue weighted by Gasteiger charge is 2.37. The molecule has 15 heteroatoms. The number of benzodiazepines with no additional fused rings is 1. The number of benzene rings is 2. The Balaban J connectivity index is 1.95. The molecule has 0 radical (unpaired) electrons. The highest BCUT2D eigenvalue weighted by molar-refractivity contribution is 6.20. The van der Waals surface area contributed by atoms with E-state index >= 15 is 0 Å². The van der Waals surface area contributed by atoms with Crippen LogP contribution in [0.15, 0.2) is 59.6 Å². The molecule has 46 heavy (non-hydrogen) atoms. The Morgan fingerprint density at radius 3 is 2.26 bits per heavy atom. The Hall–Kier alpha value is -4.95. The molecule has 0 fully saturated rings. The van der Waals surface area contributed by atoms with E-state index < -0.39 is 85.7 Å². The van der Waals surface area contributed by atoms with Crippen molar-refractivity contribution >= 4 is 41.2 Å². The summed E-state index contributed by atoms with van der Waals surface area (Å²) in [5.74, 6) is -5.35. The van der Waals surface area contributed by atoms with Crippen LogP contribution in [0, 0.1) is 5.92 Å².